The van der Waals surface area contributed by atoms with E-state index in [-0.39, 0.29) is 11.3 Å². The van der Waals surface area contributed by atoms with Crippen molar-refractivity contribution in [2.75, 3.05) is 12.0 Å². The van der Waals surface area contributed by atoms with Gasteiger partial charge in [0.15, 0.2) is 5.76 Å². The van der Waals surface area contributed by atoms with Crippen LogP contribution in [-0.4, -0.2) is 29.0 Å². The monoisotopic (exact) mass is 407 g/mol. The Morgan fingerprint density at radius 1 is 1.03 bits per heavy atom. The molecule has 0 aliphatic carbocycles. The zero-order valence-electron chi connectivity index (χ0n) is 15.4. The van der Waals surface area contributed by atoms with Crippen molar-refractivity contribution in [3.63, 3.8) is 0 Å². The Balaban J connectivity index is 1.85. The van der Waals surface area contributed by atoms with Crippen LogP contribution < -0.4 is 9.64 Å². The summed E-state index contributed by atoms with van der Waals surface area (Å²) in [4.78, 5) is 27.9. The normalized spacial score (nSPS) is 16.4. The predicted octanol–water partition coefficient (Wildman–Crippen LogP) is 4.25. The number of aliphatic hydroxyl groups is 1. The summed E-state index contributed by atoms with van der Waals surface area (Å²) in [6.45, 7) is 0. The number of thiophene rings is 1. The lowest BCUT2D eigenvalue weighted by Gasteiger charge is -2.27. The molecule has 1 amide bonds. The molecule has 7 heteroatoms. The summed E-state index contributed by atoms with van der Waals surface area (Å²) in [5, 5.41) is 22.1. The van der Waals surface area contributed by atoms with Gasteiger partial charge in [-0.3, -0.25) is 14.5 Å². The maximum atomic E-state index is 13.1. The number of carbonyl (C=O) groups is 2. The number of ketones is 1. The van der Waals surface area contributed by atoms with Crippen LogP contribution in [0.4, 0.5) is 5.69 Å². The third kappa shape index (κ3) is 3.25. The number of ether oxygens (including phenoxy) is 1. The van der Waals surface area contributed by atoms with Crippen LogP contribution in [0.5, 0.6) is 11.5 Å². The van der Waals surface area contributed by atoms with Crippen molar-refractivity contribution in [3.8, 4) is 11.5 Å². The second-order valence-corrected chi connectivity index (χ2v) is 7.38. The predicted molar refractivity (Wildman–Crippen MR) is 110 cm³/mol. The first-order chi connectivity index (χ1) is 14.0. The number of benzene rings is 2. The molecular weight excluding hydrogens is 390 g/mol. The van der Waals surface area contributed by atoms with Gasteiger partial charge in [0.1, 0.15) is 11.5 Å². The number of methoxy groups -OCH3 is 1. The van der Waals surface area contributed by atoms with Crippen molar-refractivity contribution < 1.29 is 24.5 Å². The molecule has 2 aromatic carbocycles. The lowest BCUT2D eigenvalue weighted by Crippen LogP contribution is -2.30. The average molecular weight is 407 g/mol. The van der Waals surface area contributed by atoms with E-state index < -0.39 is 23.5 Å². The number of aliphatic hydroxyl groups excluding tert-OH is 1. The number of anilines is 1. The molecule has 1 unspecified atom stereocenters. The summed E-state index contributed by atoms with van der Waals surface area (Å²) in [5.74, 6) is -0.951. The summed E-state index contributed by atoms with van der Waals surface area (Å²) in [7, 11) is 1.54. The highest BCUT2D eigenvalue weighted by atomic mass is 32.1. The van der Waals surface area contributed by atoms with Crippen LogP contribution in [0.25, 0.3) is 0 Å². The van der Waals surface area contributed by atoms with E-state index in [4.69, 9.17) is 4.74 Å². The minimum atomic E-state index is -0.828. The number of carbonyl (C=O) groups excluding carboxylic acids is 2. The molecule has 3 aromatic rings. The van der Waals surface area contributed by atoms with Gasteiger partial charge in [0, 0.05) is 5.69 Å². The van der Waals surface area contributed by atoms with Gasteiger partial charge in [0.05, 0.1) is 23.6 Å². The Hall–Kier alpha value is -3.58. The zero-order chi connectivity index (χ0) is 20.5. The Bertz CT molecular complexity index is 1090. The quantitative estimate of drug-likeness (QED) is 0.618. The minimum absolute atomic E-state index is 0.0129. The largest absolute Gasteiger partial charge is 0.508 e. The Morgan fingerprint density at radius 3 is 2.31 bits per heavy atom. The second kappa shape index (κ2) is 7.44. The minimum Gasteiger partial charge on any atom is -0.508 e. The number of Topliss-reactive ketones (excluding diaryl/α,β-unsaturated/α-hetero) is 1. The van der Waals surface area contributed by atoms with Gasteiger partial charge < -0.3 is 14.9 Å². The number of nitrogens with zero attached hydrogens (tertiary/aromatic N) is 1. The molecule has 0 spiro atoms. The standard InChI is InChI=1S/C22H17NO5S/c1-28-16-10-6-14(7-11-16)23-19(13-4-8-15(24)9-5-13)18(21(26)22(23)27)20(25)17-3-2-12-29-17/h2-12,19,24,26H,1H3. The average Bonchev–Trinajstić information content (AvgIpc) is 3.36. The van der Waals surface area contributed by atoms with E-state index in [0.717, 1.165) is 0 Å². The summed E-state index contributed by atoms with van der Waals surface area (Å²) in [5.41, 5.74) is 1.12. The maximum absolute atomic E-state index is 13.1. The van der Waals surface area contributed by atoms with Crippen molar-refractivity contribution in [2.45, 2.75) is 6.04 Å². The van der Waals surface area contributed by atoms with Gasteiger partial charge >= 0.3 is 0 Å². The molecule has 1 aliphatic rings. The number of phenolic OH excluding ortho intramolecular Hbond substituents is 1. The Morgan fingerprint density at radius 2 is 1.72 bits per heavy atom. The highest BCUT2D eigenvalue weighted by molar-refractivity contribution is 7.12. The van der Waals surface area contributed by atoms with Gasteiger partial charge in [-0.25, -0.2) is 0 Å². The first kappa shape index (κ1) is 18.8. The molecule has 2 heterocycles. The molecule has 1 atom stereocenters. The molecule has 0 bridgehead atoms. The van der Waals surface area contributed by atoms with E-state index in [1.54, 1.807) is 61.0 Å². The van der Waals surface area contributed by atoms with E-state index in [1.807, 2.05) is 0 Å². The molecule has 146 valence electrons. The first-order valence-electron chi connectivity index (χ1n) is 8.79. The Kier molecular flexibility index (Phi) is 4.82. The summed E-state index contributed by atoms with van der Waals surface area (Å²) in [6.07, 6.45) is 0. The summed E-state index contributed by atoms with van der Waals surface area (Å²) in [6, 6.07) is 15.6. The number of phenols is 1. The highest BCUT2D eigenvalue weighted by Crippen LogP contribution is 2.42. The summed E-state index contributed by atoms with van der Waals surface area (Å²) < 4.78 is 5.17. The van der Waals surface area contributed by atoms with E-state index in [9.17, 15) is 19.8 Å². The van der Waals surface area contributed by atoms with Crippen molar-refractivity contribution >= 4 is 28.7 Å². The molecule has 0 fully saturated rings. The van der Waals surface area contributed by atoms with Gasteiger partial charge in [0.2, 0.25) is 5.78 Å². The Labute approximate surface area is 170 Å². The van der Waals surface area contributed by atoms with Gasteiger partial charge in [-0.1, -0.05) is 18.2 Å². The van der Waals surface area contributed by atoms with Crippen LogP contribution in [0, 0.1) is 0 Å². The number of aromatic hydroxyl groups is 1. The van der Waals surface area contributed by atoms with Gasteiger partial charge in [-0.2, -0.15) is 0 Å². The second-order valence-electron chi connectivity index (χ2n) is 6.44. The van der Waals surface area contributed by atoms with Crippen molar-refractivity contribution in [1.82, 2.24) is 0 Å². The molecule has 1 aromatic heterocycles. The smallest absolute Gasteiger partial charge is 0.294 e. The van der Waals surface area contributed by atoms with E-state index in [2.05, 4.69) is 0 Å². The number of amides is 1. The van der Waals surface area contributed by atoms with Gasteiger partial charge in [-0.15, -0.1) is 11.3 Å². The van der Waals surface area contributed by atoms with Crippen molar-refractivity contribution in [1.29, 1.82) is 0 Å². The van der Waals surface area contributed by atoms with E-state index in [1.165, 1.54) is 28.4 Å². The van der Waals surface area contributed by atoms with Gasteiger partial charge in [-0.05, 0) is 53.4 Å². The molecule has 0 saturated carbocycles. The molecule has 1 aliphatic heterocycles. The van der Waals surface area contributed by atoms with Crippen molar-refractivity contribution in [3.05, 3.63) is 87.8 Å². The molecule has 2 N–H and O–H groups in total. The molecule has 0 radical (unpaired) electrons. The lowest BCUT2D eigenvalue weighted by molar-refractivity contribution is -0.117. The molecule has 29 heavy (non-hydrogen) atoms. The van der Waals surface area contributed by atoms with Crippen LogP contribution in [-0.2, 0) is 4.79 Å². The van der Waals surface area contributed by atoms with Crippen molar-refractivity contribution in [2.24, 2.45) is 0 Å². The van der Waals surface area contributed by atoms with E-state index >= 15 is 0 Å². The first-order valence-corrected chi connectivity index (χ1v) is 9.67. The van der Waals surface area contributed by atoms with E-state index in [0.29, 0.717) is 21.9 Å². The number of hydrogen-bond acceptors (Lipinski definition) is 6. The summed E-state index contributed by atoms with van der Waals surface area (Å²) >= 11 is 1.24. The number of hydrogen-bond donors (Lipinski definition) is 2. The van der Waals surface area contributed by atoms with Gasteiger partial charge in [0.25, 0.3) is 5.91 Å². The molecular formula is C22H17NO5S. The van der Waals surface area contributed by atoms with Crippen LogP contribution >= 0.6 is 11.3 Å². The molecule has 4 rings (SSSR count). The van der Waals surface area contributed by atoms with Crippen LogP contribution in [0.2, 0.25) is 0 Å². The fraction of sp³-hybridized carbons (Fsp3) is 0.0909. The topological polar surface area (TPSA) is 87.1 Å². The SMILES string of the molecule is COc1ccc(N2C(=O)C(O)=C(C(=O)c3cccs3)C2c2ccc(O)cc2)cc1. The molecule has 6 nitrogen and oxygen atoms in total. The number of rotatable bonds is 5. The van der Waals surface area contributed by atoms with Crippen LogP contribution in [0.15, 0.2) is 77.4 Å². The maximum Gasteiger partial charge on any atom is 0.294 e. The third-order valence-corrected chi connectivity index (χ3v) is 5.63. The van der Waals surface area contributed by atoms with Crippen LogP contribution in [0.1, 0.15) is 21.3 Å². The highest BCUT2D eigenvalue weighted by Gasteiger charge is 2.44. The fourth-order valence-corrected chi connectivity index (χ4v) is 4.04. The third-order valence-electron chi connectivity index (χ3n) is 4.76. The molecule has 0 saturated heterocycles. The fourth-order valence-electron chi connectivity index (χ4n) is 3.36. The lowest BCUT2D eigenvalue weighted by atomic mass is 9.95. The zero-order valence-corrected chi connectivity index (χ0v) is 16.2. The van der Waals surface area contributed by atoms with Crippen LogP contribution in [0.3, 0.4) is 0 Å².